The maximum atomic E-state index is 9.86. The molecular formula is C10H12MnN2O5. The molecule has 1 aromatic heterocycles. The molecule has 0 atom stereocenters. The van der Waals surface area contributed by atoms with Crippen LogP contribution in [0.3, 0.4) is 0 Å². The van der Waals surface area contributed by atoms with Crippen LogP contribution < -0.4 is 10.2 Å². The summed E-state index contributed by atoms with van der Waals surface area (Å²) in [7, 11) is 0. The minimum atomic E-state index is -1.69. The zero-order chi connectivity index (χ0) is 13.5. The SMILES string of the molecule is CC(C)(O)C(=O)[O-].O=C([O-])C=Cc1cnc[nH]1.[Mn+2]. The molecule has 7 nitrogen and oxygen atoms in total. The van der Waals surface area contributed by atoms with Crippen LogP contribution in [0.1, 0.15) is 19.5 Å². The van der Waals surface area contributed by atoms with Crippen LogP contribution in [0.4, 0.5) is 0 Å². The maximum absolute atomic E-state index is 9.86. The quantitative estimate of drug-likeness (QED) is 0.475. The Morgan fingerprint density at radius 2 is 1.94 bits per heavy atom. The Labute approximate surface area is 114 Å². The third-order valence-electron chi connectivity index (χ3n) is 1.42. The summed E-state index contributed by atoms with van der Waals surface area (Å²) in [6, 6.07) is 0. The summed E-state index contributed by atoms with van der Waals surface area (Å²) in [5.74, 6) is -2.66. The Balaban J connectivity index is 0. The molecule has 1 radical (unpaired) electrons. The van der Waals surface area contributed by atoms with Gasteiger partial charge in [-0.3, -0.25) is 0 Å². The van der Waals surface area contributed by atoms with E-state index in [9.17, 15) is 19.8 Å². The van der Waals surface area contributed by atoms with Gasteiger partial charge in [0.15, 0.2) is 0 Å². The van der Waals surface area contributed by atoms with Crippen molar-refractivity contribution >= 4 is 18.0 Å². The van der Waals surface area contributed by atoms with Gasteiger partial charge in [0.05, 0.1) is 35.8 Å². The zero-order valence-electron chi connectivity index (χ0n) is 9.71. The summed E-state index contributed by atoms with van der Waals surface area (Å²) in [5, 5.41) is 28.0. The van der Waals surface area contributed by atoms with E-state index in [4.69, 9.17) is 5.11 Å². The van der Waals surface area contributed by atoms with Crippen LogP contribution in [0.15, 0.2) is 18.6 Å². The van der Waals surface area contributed by atoms with Gasteiger partial charge in [0.25, 0.3) is 0 Å². The van der Waals surface area contributed by atoms with Crippen molar-refractivity contribution in [1.29, 1.82) is 0 Å². The molecule has 0 unspecified atom stereocenters. The molecule has 8 heteroatoms. The van der Waals surface area contributed by atoms with E-state index >= 15 is 0 Å². The number of hydrogen-bond donors (Lipinski definition) is 2. The first-order valence-corrected chi connectivity index (χ1v) is 4.54. The largest absolute Gasteiger partial charge is 2.00 e. The molecule has 0 aliphatic heterocycles. The molecule has 2 N–H and O–H groups in total. The summed E-state index contributed by atoms with van der Waals surface area (Å²) < 4.78 is 0. The third kappa shape index (κ3) is 9.59. The average molecular weight is 295 g/mol. The number of H-pyrrole nitrogens is 1. The van der Waals surface area contributed by atoms with Crippen LogP contribution in [-0.2, 0) is 26.7 Å². The van der Waals surface area contributed by atoms with Crippen LogP contribution in [-0.4, -0.2) is 32.6 Å². The molecule has 0 spiro atoms. The number of aromatic nitrogens is 2. The summed E-state index contributed by atoms with van der Waals surface area (Å²) >= 11 is 0. The molecule has 1 rings (SSSR count). The van der Waals surface area contributed by atoms with Gasteiger partial charge in [0.1, 0.15) is 0 Å². The predicted molar refractivity (Wildman–Crippen MR) is 53.9 cm³/mol. The van der Waals surface area contributed by atoms with Crippen molar-refractivity contribution in [3.8, 4) is 0 Å². The monoisotopic (exact) mass is 295 g/mol. The third-order valence-corrected chi connectivity index (χ3v) is 1.42. The van der Waals surface area contributed by atoms with Crippen molar-refractivity contribution in [3.63, 3.8) is 0 Å². The Morgan fingerprint density at radius 1 is 1.44 bits per heavy atom. The predicted octanol–water partition coefficient (Wildman–Crippen LogP) is -2.32. The molecular weight excluding hydrogens is 283 g/mol. The van der Waals surface area contributed by atoms with E-state index in [2.05, 4.69) is 9.97 Å². The van der Waals surface area contributed by atoms with Crippen molar-refractivity contribution in [1.82, 2.24) is 9.97 Å². The normalized spacial score (nSPS) is 10.2. The van der Waals surface area contributed by atoms with Crippen molar-refractivity contribution in [2.75, 3.05) is 0 Å². The van der Waals surface area contributed by atoms with E-state index < -0.39 is 17.5 Å². The minimum absolute atomic E-state index is 0. The fourth-order valence-corrected chi connectivity index (χ4v) is 0.516. The molecule has 0 bridgehead atoms. The number of carboxylic acids is 2. The summed E-state index contributed by atoms with van der Waals surface area (Å²) in [6.07, 6.45) is 5.30. The summed E-state index contributed by atoms with van der Waals surface area (Å²) in [4.78, 5) is 25.9. The minimum Gasteiger partial charge on any atom is -0.547 e. The maximum Gasteiger partial charge on any atom is 2.00 e. The summed E-state index contributed by atoms with van der Waals surface area (Å²) in [6.45, 7) is 2.31. The van der Waals surface area contributed by atoms with Gasteiger partial charge in [-0.1, -0.05) is 0 Å². The van der Waals surface area contributed by atoms with Gasteiger partial charge in [0, 0.05) is 0 Å². The first-order chi connectivity index (χ1) is 7.73. The second kappa shape index (κ2) is 8.46. The molecule has 0 aliphatic carbocycles. The Bertz CT molecular complexity index is 395. The number of hydrogen-bond acceptors (Lipinski definition) is 6. The average Bonchev–Trinajstić information content (AvgIpc) is 2.66. The van der Waals surface area contributed by atoms with Gasteiger partial charge in [-0.2, -0.15) is 0 Å². The second-order valence-electron chi connectivity index (χ2n) is 3.51. The van der Waals surface area contributed by atoms with Crippen LogP contribution >= 0.6 is 0 Å². The van der Waals surface area contributed by atoms with Crippen LogP contribution in [0.25, 0.3) is 6.08 Å². The number of aliphatic hydroxyl groups is 1. The molecule has 0 saturated heterocycles. The van der Waals surface area contributed by atoms with E-state index in [0.29, 0.717) is 5.69 Å². The molecule has 0 amide bonds. The number of aliphatic carboxylic acids is 2. The van der Waals surface area contributed by atoms with E-state index in [1.54, 1.807) is 0 Å². The molecule has 1 aromatic rings. The number of carbonyl (C=O) groups is 2. The number of imidazole rings is 1. The van der Waals surface area contributed by atoms with E-state index in [0.717, 1.165) is 19.9 Å². The van der Waals surface area contributed by atoms with E-state index in [1.165, 1.54) is 18.6 Å². The van der Waals surface area contributed by atoms with Crippen molar-refractivity contribution in [2.45, 2.75) is 19.4 Å². The van der Waals surface area contributed by atoms with Gasteiger partial charge in [-0.25, -0.2) is 4.98 Å². The fraction of sp³-hybridized carbons (Fsp3) is 0.300. The van der Waals surface area contributed by atoms with Gasteiger partial charge < -0.3 is 29.9 Å². The number of nitrogens with zero attached hydrogens (tertiary/aromatic N) is 1. The molecule has 99 valence electrons. The van der Waals surface area contributed by atoms with Gasteiger partial charge >= 0.3 is 17.1 Å². The van der Waals surface area contributed by atoms with Crippen LogP contribution in [0, 0.1) is 0 Å². The molecule has 0 aliphatic rings. The fourth-order valence-electron chi connectivity index (χ4n) is 0.516. The molecule has 1 heterocycles. The smallest absolute Gasteiger partial charge is 0.547 e. The first-order valence-electron chi connectivity index (χ1n) is 4.54. The number of aromatic amines is 1. The standard InChI is InChI=1S/C6H6N2O2.C4H8O3.Mn/c9-6(10)2-1-5-3-7-4-8-5;1-4(2,7)3(5)6;/h1-4H,(H,7,8)(H,9,10);7H,1-2H3,(H,5,6);/q;;+2/p-2. The molecule has 0 fully saturated rings. The van der Waals surface area contributed by atoms with Crippen LogP contribution in [0.2, 0.25) is 0 Å². The Morgan fingerprint density at radius 3 is 2.22 bits per heavy atom. The van der Waals surface area contributed by atoms with Crippen molar-refractivity contribution < 1.29 is 42.0 Å². The number of carbonyl (C=O) groups excluding carboxylic acids is 2. The van der Waals surface area contributed by atoms with Crippen molar-refractivity contribution in [3.05, 3.63) is 24.3 Å². The number of rotatable bonds is 3. The molecule has 18 heavy (non-hydrogen) atoms. The first kappa shape index (κ1) is 18.7. The Kier molecular flexibility index (Phi) is 8.80. The topological polar surface area (TPSA) is 129 Å². The van der Waals surface area contributed by atoms with Crippen LogP contribution in [0.5, 0.6) is 0 Å². The van der Waals surface area contributed by atoms with E-state index in [-0.39, 0.29) is 17.1 Å². The summed E-state index contributed by atoms with van der Waals surface area (Å²) in [5.41, 5.74) is -1.05. The van der Waals surface area contributed by atoms with Gasteiger partial charge in [0.2, 0.25) is 0 Å². The van der Waals surface area contributed by atoms with Crippen molar-refractivity contribution in [2.24, 2.45) is 0 Å². The van der Waals surface area contributed by atoms with Gasteiger partial charge in [-0.05, 0) is 26.0 Å². The zero-order valence-corrected chi connectivity index (χ0v) is 10.9. The molecule has 0 saturated carbocycles. The number of carboxylic acid groups (broad SMARTS) is 2. The molecule has 0 aromatic carbocycles. The van der Waals surface area contributed by atoms with E-state index in [1.807, 2.05) is 0 Å². The van der Waals surface area contributed by atoms with Gasteiger partial charge in [-0.15, -0.1) is 0 Å². The number of nitrogens with one attached hydrogen (secondary N) is 1. The Hall–Kier alpha value is -1.63. The second-order valence-corrected chi connectivity index (χ2v) is 3.51.